The Morgan fingerprint density at radius 1 is 1.25 bits per heavy atom. The molecule has 0 unspecified atom stereocenters. The standard InChI is InChI=1S/C15H18BrN3O/c1-4-13-18-14(17-5-2)10(3)15(19-13)20-12-8-6-7-11(16)9-12/h6-9H,4-5H2,1-3H3,(H,17,18,19). The summed E-state index contributed by atoms with van der Waals surface area (Å²) in [6.07, 6.45) is 0.771. The lowest BCUT2D eigenvalue weighted by Gasteiger charge is -2.13. The lowest BCUT2D eigenvalue weighted by molar-refractivity contribution is 0.454. The molecule has 106 valence electrons. The zero-order valence-electron chi connectivity index (χ0n) is 11.9. The van der Waals surface area contributed by atoms with Crippen LogP contribution in [0.2, 0.25) is 0 Å². The van der Waals surface area contributed by atoms with Crippen LogP contribution in [-0.4, -0.2) is 16.5 Å². The van der Waals surface area contributed by atoms with E-state index in [0.29, 0.717) is 5.88 Å². The summed E-state index contributed by atoms with van der Waals surface area (Å²) in [6.45, 7) is 6.85. The number of rotatable bonds is 5. The van der Waals surface area contributed by atoms with Gasteiger partial charge in [0.25, 0.3) is 0 Å². The highest BCUT2D eigenvalue weighted by Gasteiger charge is 2.12. The van der Waals surface area contributed by atoms with Crippen molar-refractivity contribution in [1.29, 1.82) is 0 Å². The second-order valence-corrected chi connectivity index (χ2v) is 5.28. The number of hydrogen-bond acceptors (Lipinski definition) is 4. The van der Waals surface area contributed by atoms with Crippen molar-refractivity contribution in [3.63, 3.8) is 0 Å². The minimum atomic E-state index is 0.603. The number of ether oxygens (including phenoxy) is 1. The van der Waals surface area contributed by atoms with Crippen molar-refractivity contribution in [3.05, 3.63) is 40.1 Å². The summed E-state index contributed by atoms with van der Waals surface area (Å²) in [7, 11) is 0. The summed E-state index contributed by atoms with van der Waals surface area (Å²) in [4.78, 5) is 8.96. The van der Waals surface area contributed by atoms with Crippen molar-refractivity contribution in [2.75, 3.05) is 11.9 Å². The third-order valence-corrected chi connectivity index (χ3v) is 3.31. The fraction of sp³-hybridized carbons (Fsp3) is 0.333. The Hall–Kier alpha value is -1.62. The Morgan fingerprint density at radius 2 is 2.05 bits per heavy atom. The van der Waals surface area contributed by atoms with Crippen molar-refractivity contribution in [1.82, 2.24) is 9.97 Å². The van der Waals surface area contributed by atoms with E-state index in [0.717, 1.165) is 40.4 Å². The van der Waals surface area contributed by atoms with Crippen molar-refractivity contribution < 1.29 is 4.74 Å². The molecule has 0 aliphatic heterocycles. The molecule has 20 heavy (non-hydrogen) atoms. The van der Waals surface area contributed by atoms with Gasteiger partial charge in [0.15, 0.2) is 0 Å². The first-order valence-electron chi connectivity index (χ1n) is 6.68. The van der Waals surface area contributed by atoms with E-state index in [2.05, 4.69) is 31.2 Å². The van der Waals surface area contributed by atoms with Crippen LogP contribution in [0, 0.1) is 6.92 Å². The van der Waals surface area contributed by atoms with E-state index in [9.17, 15) is 0 Å². The van der Waals surface area contributed by atoms with Gasteiger partial charge in [-0.05, 0) is 32.0 Å². The van der Waals surface area contributed by atoms with Crippen molar-refractivity contribution in [2.24, 2.45) is 0 Å². The van der Waals surface area contributed by atoms with Gasteiger partial charge in [-0.2, -0.15) is 4.98 Å². The number of anilines is 1. The van der Waals surface area contributed by atoms with Gasteiger partial charge >= 0.3 is 0 Å². The number of hydrogen-bond donors (Lipinski definition) is 1. The largest absolute Gasteiger partial charge is 0.439 e. The van der Waals surface area contributed by atoms with Crippen LogP contribution < -0.4 is 10.1 Å². The molecule has 2 aromatic rings. The van der Waals surface area contributed by atoms with Gasteiger partial charge in [-0.1, -0.05) is 28.9 Å². The fourth-order valence-electron chi connectivity index (χ4n) is 1.78. The summed E-state index contributed by atoms with van der Waals surface area (Å²) < 4.78 is 6.87. The zero-order valence-corrected chi connectivity index (χ0v) is 13.5. The summed E-state index contributed by atoms with van der Waals surface area (Å²) in [6, 6.07) is 7.72. The highest BCUT2D eigenvalue weighted by molar-refractivity contribution is 9.10. The van der Waals surface area contributed by atoms with E-state index >= 15 is 0 Å². The third-order valence-electron chi connectivity index (χ3n) is 2.82. The Kier molecular flexibility index (Phi) is 4.95. The fourth-order valence-corrected chi connectivity index (χ4v) is 2.16. The van der Waals surface area contributed by atoms with Crippen LogP contribution in [0.1, 0.15) is 25.2 Å². The van der Waals surface area contributed by atoms with E-state index in [1.54, 1.807) is 0 Å². The van der Waals surface area contributed by atoms with E-state index in [1.807, 2.05) is 45.0 Å². The molecule has 0 amide bonds. The molecular weight excluding hydrogens is 318 g/mol. The Morgan fingerprint density at radius 3 is 2.70 bits per heavy atom. The van der Waals surface area contributed by atoms with Crippen LogP contribution in [0.3, 0.4) is 0 Å². The first-order valence-corrected chi connectivity index (χ1v) is 7.48. The number of aryl methyl sites for hydroxylation is 1. The summed E-state index contributed by atoms with van der Waals surface area (Å²) in [5, 5.41) is 3.25. The van der Waals surface area contributed by atoms with Gasteiger partial charge in [0, 0.05) is 17.4 Å². The van der Waals surface area contributed by atoms with E-state index in [-0.39, 0.29) is 0 Å². The normalized spacial score (nSPS) is 10.4. The first-order chi connectivity index (χ1) is 9.63. The summed E-state index contributed by atoms with van der Waals surface area (Å²) in [5.41, 5.74) is 0.920. The number of halogens is 1. The highest BCUT2D eigenvalue weighted by atomic mass is 79.9. The minimum absolute atomic E-state index is 0.603. The molecule has 1 heterocycles. The number of benzene rings is 1. The monoisotopic (exact) mass is 335 g/mol. The number of nitrogens with one attached hydrogen (secondary N) is 1. The Labute approximate surface area is 127 Å². The molecule has 1 aromatic heterocycles. The first kappa shape index (κ1) is 14.8. The van der Waals surface area contributed by atoms with E-state index in [4.69, 9.17) is 4.74 Å². The molecule has 0 saturated heterocycles. The molecule has 0 fully saturated rings. The lowest BCUT2D eigenvalue weighted by atomic mass is 10.3. The quantitative estimate of drug-likeness (QED) is 0.883. The van der Waals surface area contributed by atoms with Gasteiger partial charge in [-0.25, -0.2) is 4.98 Å². The molecule has 1 N–H and O–H groups in total. The summed E-state index contributed by atoms with van der Waals surface area (Å²) in [5.74, 6) is 2.97. The average Bonchev–Trinajstić information content (AvgIpc) is 2.43. The molecule has 0 saturated carbocycles. The molecule has 4 nitrogen and oxygen atoms in total. The van der Waals surface area contributed by atoms with Crippen molar-refractivity contribution in [2.45, 2.75) is 27.2 Å². The maximum Gasteiger partial charge on any atom is 0.227 e. The predicted molar refractivity (Wildman–Crippen MR) is 84.5 cm³/mol. The van der Waals surface area contributed by atoms with E-state index in [1.165, 1.54) is 0 Å². The average molecular weight is 336 g/mol. The molecular formula is C15H18BrN3O. The van der Waals surface area contributed by atoms with Crippen LogP contribution in [0.15, 0.2) is 28.7 Å². The molecule has 0 aliphatic carbocycles. The lowest BCUT2D eigenvalue weighted by Crippen LogP contribution is -2.07. The van der Waals surface area contributed by atoms with Gasteiger partial charge in [-0.15, -0.1) is 0 Å². The second-order valence-electron chi connectivity index (χ2n) is 4.36. The molecule has 1 aromatic carbocycles. The SMILES string of the molecule is CCNc1nc(CC)nc(Oc2cccc(Br)c2)c1C. The van der Waals surface area contributed by atoms with Gasteiger partial charge in [-0.3, -0.25) is 0 Å². The van der Waals surface area contributed by atoms with Crippen LogP contribution in [0.4, 0.5) is 5.82 Å². The molecule has 0 radical (unpaired) electrons. The third kappa shape index (κ3) is 3.48. The van der Waals surface area contributed by atoms with Crippen LogP contribution >= 0.6 is 15.9 Å². The molecule has 0 atom stereocenters. The van der Waals surface area contributed by atoms with Gasteiger partial charge in [0.05, 0.1) is 5.56 Å². The minimum Gasteiger partial charge on any atom is -0.439 e. The van der Waals surface area contributed by atoms with Crippen LogP contribution in [0.5, 0.6) is 11.6 Å². The number of aromatic nitrogens is 2. The van der Waals surface area contributed by atoms with Crippen molar-refractivity contribution in [3.8, 4) is 11.6 Å². The zero-order chi connectivity index (χ0) is 14.5. The second kappa shape index (κ2) is 6.70. The molecule has 0 bridgehead atoms. The molecule has 0 spiro atoms. The highest BCUT2D eigenvalue weighted by Crippen LogP contribution is 2.28. The Balaban J connectivity index is 2.37. The summed E-state index contributed by atoms with van der Waals surface area (Å²) >= 11 is 3.44. The topological polar surface area (TPSA) is 47.0 Å². The molecule has 5 heteroatoms. The maximum absolute atomic E-state index is 5.90. The van der Waals surface area contributed by atoms with Crippen molar-refractivity contribution >= 4 is 21.7 Å². The maximum atomic E-state index is 5.90. The predicted octanol–water partition coefficient (Wildman–Crippen LogP) is 4.33. The van der Waals surface area contributed by atoms with Gasteiger partial charge in [0.2, 0.25) is 5.88 Å². The Bertz CT molecular complexity index is 602. The van der Waals surface area contributed by atoms with E-state index < -0.39 is 0 Å². The number of nitrogens with zero attached hydrogens (tertiary/aromatic N) is 2. The van der Waals surface area contributed by atoms with Crippen LogP contribution in [0.25, 0.3) is 0 Å². The van der Waals surface area contributed by atoms with Gasteiger partial charge < -0.3 is 10.1 Å². The van der Waals surface area contributed by atoms with Crippen LogP contribution in [-0.2, 0) is 6.42 Å². The molecule has 2 rings (SSSR count). The van der Waals surface area contributed by atoms with Gasteiger partial charge in [0.1, 0.15) is 17.4 Å². The molecule has 0 aliphatic rings. The smallest absolute Gasteiger partial charge is 0.227 e.